The molecule has 0 aromatic heterocycles. The monoisotopic (exact) mass is 358 g/mol. The summed E-state index contributed by atoms with van der Waals surface area (Å²) in [4.78, 5) is 0. The van der Waals surface area contributed by atoms with Gasteiger partial charge in [0.2, 0.25) is 0 Å². The maximum atomic E-state index is 5.22. The minimum absolute atomic E-state index is 0.916. The highest BCUT2D eigenvalue weighted by Crippen LogP contribution is 2.22. The van der Waals surface area contributed by atoms with Crippen LogP contribution in [0.1, 0.15) is 42.9 Å². The zero-order valence-corrected chi connectivity index (χ0v) is 16.6. The summed E-state index contributed by atoms with van der Waals surface area (Å²) in [5, 5.41) is 0. The quantitative estimate of drug-likeness (QED) is 0.379. The van der Waals surface area contributed by atoms with Crippen molar-refractivity contribution >= 4 is 0 Å². The predicted molar refractivity (Wildman–Crippen MR) is 116 cm³/mol. The third-order valence-corrected chi connectivity index (χ3v) is 5.17. The largest absolute Gasteiger partial charge is 0.497 e. The number of hydrogen-bond acceptors (Lipinski definition) is 1. The molecule has 0 aliphatic heterocycles. The summed E-state index contributed by atoms with van der Waals surface area (Å²) < 4.78 is 5.22. The summed E-state index contributed by atoms with van der Waals surface area (Å²) in [6.45, 7) is 2.25. The highest BCUT2D eigenvalue weighted by molar-refractivity contribution is 5.64. The van der Waals surface area contributed by atoms with Crippen LogP contribution < -0.4 is 4.74 Å². The molecular formula is C26H30O. The Labute approximate surface area is 164 Å². The highest BCUT2D eigenvalue weighted by atomic mass is 16.5. The van der Waals surface area contributed by atoms with Crippen molar-refractivity contribution in [1.29, 1.82) is 0 Å². The second kappa shape index (κ2) is 9.97. The molecule has 0 fully saturated rings. The van der Waals surface area contributed by atoms with E-state index in [1.807, 2.05) is 12.1 Å². The van der Waals surface area contributed by atoms with Crippen LogP contribution in [0.5, 0.6) is 5.75 Å². The molecule has 0 aliphatic carbocycles. The fourth-order valence-corrected chi connectivity index (χ4v) is 3.39. The van der Waals surface area contributed by atoms with Crippen LogP contribution >= 0.6 is 0 Å². The zero-order chi connectivity index (χ0) is 18.9. The van der Waals surface area contributed by atoms with Crippen LogP contribution in [-0.4, -0.2) is 7.11 Å². The molecule has 1 heteroatoms. The van der Waals surface area contributed by atoms with Crippen LogP contribution in [0.3, 0.4) is 0 Å². The third kappa shape index (κ3) is 5.72. The molecule has 0 aliphatic rings. The SMILES string of the molecule is CCCCCc1ccc(-c2ccc(CCc3ccc(OC)cc3)cc2)cc1. The topological polar surface area (TPSA) is 9.23 Å². The number of unbranched alkanes of at least 4 members (excludes halogenated alkanes) is 2. The smallest absolute Gasteiger partial charge is 0.118 e. The number of aryl methyl sites for hydroxylation is 3. The van der Waals surface area contributed by atoms with Gasteiger partial charge in [-0.1, -0.05) is 80.4 Å². The Morgan fingerprint density at radius 1 is 0.556 bits per heavy atom. The van der Waals surface area contributed by atoms with Gasteiger partial charge in [0.1, 0.15) is 5.75 Å². The number of ether oxygens (including phenoxy) is 1. The Morgan fingerprint density at radius 3 is 1.44 bits per heavy atom. The Bertz CT molecular complexity index is 798. The van der Waals surface area contributed by atoms with Gasteiger partial charge in [-0.05, 0) is 65.6 Å². The minimum Gasteiger partial charge on any atom is -0.497 e. The first-order chi connectivity index (χ1) is 13.3. The van der Waals surface area contributed by atoms with E-state index in [1.165, 1.54) is 53.5 Å². The number of rotatable bonds is 9. The van der Waals surface area contributed by atoms with Crippen LogP contribution in [0.4, 0.5) is 0 Å². The fourth-order valence-electron chi connectivity index (χ4n) is 3.39. The molecular weight excluding hydrogens is 328 g/mol. The average Bonchev–Trinajstić information content (AvgIpc) is 2.74. The molecule has 0 amide bonds. The normalized spacial score (nSPS) is 10.7. The fraction of sp³-hybridized carbons (Fsp3) is 0.308. The van der Waals surface area contributed by atoms with Crippen molar-refractivity contribution in [1.82, 2.24) is 0 Å². The molecule has 3 rings (SSSR count). The first kappa shape index (κ1) is 19.2. The Balaban J connectivity index is 1.56. The molecule has 3 aromatic carbocycles. The number of methoxy groups -OCH3 is 1. The van der Waals surface area contributed by atoms with Gasteiger partial charge in [-0.2, -0.15) is 0 Å². The van der Waals surface area contributed by atoms with Crippen molar-refractivity contribution in [2.24, 2.45) is 0 Å². The van der Waals surface area contributed by atoms with Gasteiger partial charge in [0, 0.05) is 0 Å². The molecule has 140 valence electrons. The van der Waals surface area contributed by atoms with E-state index in [4.69, 9.17) is 4.74 Å². The first-order valence-corrected chi connectivity index (χ1v) is 10.1. The Hall–Kier alpha value is -2.54. The van der Waals surface area contributed by atoms with Crippen molar-refractivity contribution in [3.05, 3.63) is 89.5 Å². The van der Waals surface area contributed by atoms with Crippen LogP contribution in [-0.2, 0) is 19.3 Å². The second-order valence-corrected chi connectivity index (χ2v) is 7.20. The van der Waals surface area contributed by atoms with E-state index in [2.05, 4.69) is 67.6 Å². The first-order valence-electron chi connectivity index (χ1n) is 10.1. The molecule has 0 spiro atoms. The molecule has 0 unspecified atom stereocenters. The summed E-state index contributed by atoms with van der Waals surface area (Å²) in [5.41, 5.74) is 6.77. The maximum absolute atomic E-state index is 5.22. The maximum Gasteiger partial charge on any atom is 0.118 e. The predicted octanol–water partition coefficient (Wildman–Crippen LogP) is 6.88. The molecule has 0 saturated carbocycles. The van der Waals surface area contributed by atoms with Crippen LogP contribution in [0.15, 0.2) is 72.8 Å². The van der Waals surface area contributed by atoms with Gasteiger partial charge in [-0.25, -0.2) is 0 Å². The van der Waals surface area contributed by atoms with Gasteiger partial charge >= 0.3 is 0 Å². The molecule has 0 heterocycles. The van der Waals surface area contributed by atoms with Crippen molar-refractivity contribution in [2.75, 3.05) is 7.11 Å². The number of hydrogen-bond donors (Lipinski definition) is 0. The number of benzene rings is 3. The summed E-state index contributed by atoms with van der Waals surface area (Å²) in [5.74, 6) is 0.916. The summed E-state index contributed by atoms with van der Waals surface area (Å²) in [6.07, 6.45) is 7.19. The van der Waals surface area contributed by atoms with E-state index >= 15 is 0 Å². The molecule has 0 bridgehead atoms. The lowest BCUT2D eigenvalue weighted by atomic mass is 9.98. The molecule has 0 radical (unpaired) electrons. The van der Waals surface area contributed by atoms with Gasteiger partial charge in [-0.3, -0.25) is 0 Å². The Morgan fingerprint density at radius 2 is 1.00 bits per heavy atom. The van der Waals surface area contributed by atoms with E-state index in [1.54, 1.807) is 7.11 Å². The van der Waals surface area contributed by atoms with Crippen molar-refractivity contribution in [3.63, 3.8) is 0 Å². The summed E-state index contributed by atoms with van der Waals surface area (Å²) in [7, 11) is 1.70. The van der Waals surface area contributed by atoms with E-state index in [0.717, 1.165) is 18.6 Å². The lowest BCUT2D eigenvalue weighted by Gasteiger charge is -2.07. The average molecular weight is 359 g/mol. The van der Waals surface area contributed by atoms with Crippen molar-refractivity contribution in [2.45, 2.75) is 45.4 Å². The van der Waals surface area contributed by atoms with Gasteiger partial charge in [-0.15, -0.1) is 0 Å². The molecule has 3 aromatic rings. The molecule has 0 atom stereocenters. The lowest BCUT2D eigenvalue weighted by molar-refractivity contribution is 0.414. The van der Waals surface area contributed by atoms with Crippen LogP contribution in [0.2, 0.25) is 0 Å². The molecule has 0 N–H and O–H groups in total. The van der Waals surface area contributed by atoms with Crippen molar-refractivity contribution in [3.8, 4) is 16.9 Å². The summed E-state index contributed by atoms with van der Waals surface area (Å²) >= 11 is 0. The van der Waals surface area contributed by atoms with Gasteiger partial charge < -0.3 is 4.74 Å². The van der Waals surface area contributed by atoms with Crippen LogP contribution in [0, 0.1) is 0 Å². The molecule has 27 heavy (non-hydrogen) atoms. The third-order valence-electron chi connectivity index (χ3n) is 5.17. The summed E-state index contributed by atoms with van der Waals surface area (Å²) in [6, 6.07) is 26.4. The van der Waals surface area contributed by atoms with Gasteiger partial charge in [0.15, 0.2) is 0 Å². The van der Waals surface area contributed by atoms with E-state index in [9.17, 15) is 0 Å². The standard InChI is InChI=1S/C26H30O/c1-3-4-5-6-21-9-15-24(16-10-21)25-17-11-22(12-18-25)7-8-23-13-19-26(27-2)20-14-23/h9-20H,3-8H2,1-2H3. The van der Waals surface area contributed by atoms with E-state index in [-0.39, 0.29) is 0 Å². The van der Waals surface area contributed by atoms with Gasteiger partial charge in [0.05, 0.1) is 7.11 Å². The zero-order valence-electron chi connectivity index (χ0n) is 16.6. The second-order valence-electron chi connectivity index (χ2n) is 7.20. The van der Waals surface area contributed by atoms with Gasteiger partial charge in [0.25, 0.3) is 0 Å². The molecule has 0 saturated heterocycles. The lowest BCUT2D eigenvalue weighted by Crippen LogP contribution is -1.92. The highest BCUT2D eigenvalue weighted by Gasteiger charge is 2.01. The minimum atomic E-state index is 0.916. The van der Waals surface area contributed by atoms with E-state index in [0.29, 0.717) is 0 Å². The molecule has 1 nitrogen and oxygen atoms in total. The van der Waals surface area contributed by atoms with E-state index < -0.39 is 0 Å². The Kier molecular flexibility index (Phi) is 7.10. The van der Waals surface area contributed by atoms with Crippen molar-refractivity contribution < 1.29 is 4.74 Å². The van der Waals surface area contributed by atoms with Crippen LogP contribution in [0.25, 0.3) is 11.1 Å².